The number of hydrogen-bond donors (Lipinski definition) is 0. The van der Waals surface area contributed by atoms with Gasteiger partial charge in [-0.25, -0.2) is 0 Å². The van der Waals surface area contributed by atoms with Crippen LogP contribution in [-0.2, 0) is 9.13 Å². The van der Waals surface area contributed by atoms with Gasteiger partial charge >= 0.3 is 0 Å². The zero-order valence-corrected chi connectivity index (χ0v) is 22.6. The van der Waals surface area contributed by atoms with Crippen LogP contribution in [-0.4, -0.2) is 11.2 Å². The highest BCUT2D eigenvalue weighted by molar-refractivity contribution is 7.95. The molecule has 5 aromatic rings. The first-order valence-electron chi connectivity index (χ1n) is 12.5. The summed E-state index contributed by atoms with van der Waals surface area (Å²) in [4.78, 5) is 13.8. The van der Waals surface area contributed by atoms with E-state index in [9.17, 15) is 4.79 Å². The van der Waals surface area contributed by atoms with Crippen molar-refractivity contribution in [3.8, 4) is 0 Å². The van der Waals surface area contributed by atoms with Crippen LogP contribution < -0.4 is 21.2 Å². The molecule has 0 heterocycles. The summed E-state index contributed by atoms with van der Waals surface area (Å²) < 4.78 is 31.5. The quantitative estimate of drug-likeness (QED) is 0.158. The molecule has 0 bridgehead atoms. The fraction of sp³-hybridized carbons (Fsp3) is 0.0606. The predicted molar refractivity (Wildman–Crippen MR) is 159 cm³/mol. The molecule has 0 atom stereocenters. The Morgan fingerprint density at radius 1 is 0.447 bits per heavy atom. The van der Waals surface area contributed by atoms with Gasteiger partial charge < -0.3 is 9.13 Å². The van der Waals surface area contributed by atoms with E-state index in [2.05, 4.69) is 0 Å². The van der Waals surface area contributed by atoms with Crippen molar-refractivity contribution < 1.29 is 13.9 Å². The maximum atomic E-state index is 15.8. The molecule has 0 amide bonds. The lowest BCUT2D eigenvalue weighted by atomic mass is 10.1. The van der Waals surface area contributed by atoms with Gasteiger partial charge in [-0.2, -0.15) is 0 Å². The van der Waals surface area contributed by atoms with Gasteiger partial charge in [-0.05, 0) is 0 Å². The monoisotopic (exact) mass is 534 g/mol. The Balaban J connectivity index is 1.83. The van der Waals surface area contributed by atoms with Crippen LogP contribution in [0.25, 0.3) is 0 Å². The Hall–Kier alpha value is -3.77. The maximum Gasteiger partial charge on any atom is 0.164 e. The summed E-state index contributed by atoms with van der Waals surface area (Å²) in [5.41, 5.74) is 0.512. The normalized spacial score (nSPS) is 11.8. The van der Waals surface area contributed by atoms with E-state index >= 15 is 9.13 Å². The van der Waals surface area contributed by atoms with E-state index in [1.807, 2.05) is 140 Å². The van der Waals surface area contributed by atoms with Gasteiger partial charge in [-0.3, -0.25) is 4.79 Å². The summed E-state index contributed by atoms with van der Waals surface area (Å²) in [5, 5.41) is 1.36. The summed E-state index contributed by atoms with van der Waals surface area (Å²) in [6, 6.07) is 45.8. The molecule has 5 rings (SSSR count). The second-order valence-electron chi connectivity index (χ2n) is 9.13. The van der Waals surface area contributed by atoms with Gasteiger partial charge in [0.25, 0.3) is 0 Å². The lowest BCUT2D eigenvalue weighted by Gasteiger charge is -2.35. The molecule has 38 heavy (non-hydrogen) atoms. The van der Waals surface area contributed by atoms with Crippen LogP contribution >= 0.6 is 14.3 Å². The third kappa shape index (κ3) is 4.88. The van der Waals surface area contributed by atoms with E-state index < -0.39 is 19.7 Å². The predicted octanol–water partition coefficient (Wildman–Crippen LogP) is 6.61. The smallest absolute Gasteiger partial charge is 0.164 e. The van der Waals surface area contributed by atoms with Crippen molar-refractivity contribution in [3.05, 3.63) is 157 Å². The third-order valence-corrected chi connectivity index (χ3v) is 15.1. The number of carbonyl (C=O) groups excluding carboxylic acids is 1. The van der Waals surface area contributed by atoms with E-state index in [0.29, 0.717) is 26.8 Å². The fourth-order valence-electron chi connectivity index (χ4n) is 4.98. The van der Waals surface area contributed by atoms with Crippen molar-refractivity contribution in [2.75, 3.05) is 0 Å². The second-order valence-corrected chi connectivity index (χ2v) is 15.5. The average molecular weight is 535 g/mol. The van der Waals surface area contributed by atoms with Crippen molar-refractivity contribution in [2.24, 2.45) is 0 Å². The third-order valence-electron chi connectivity index (χ3n) is 6.86. The Morgan fingerprint density at radius 3 is 1.00 bits per heavy atom. The summed E-state index contributed by atoms with van der Waals surface area (Å²) in [6.07, 6.45) is -0.133. The van der Waals surface area contributed by atoms with Crippen LogP contribution in [0, 0.1) is 0 Å². The lowest BCUT2D eigenvalue weighted by molar-refractivity contribution is 0.0986. The highest BCUT2D eigenvalue weighted by Crippen LogP contribution is 2.67. The molecule has 0 unspecified atom stereocenters. The Bertz CT molecular complexity index is 1400. The van der Waals surface area contributed by atoms with Crippen LogP contribution in [0.4, 0.5) is 0 Å². The van der Waals surface area contributed by atoms with Crippen LogP contribution in [0.1, 0.15) is 16.8 Å². The molecule has 0 fully saturated rings. The minimum Gasteiger partial charge on any atom is -0.313 e. The number of rotatable bonds is 9. The molecule has 0 aliphatic carbocycles. The zero-order chi connectivity index (χ0) is 26.4. The molecule has 0 aliphatic rings. The molecule has 5 aromatic carbocycles. The zero-order valence-electron chi connectivity index (χ0n) is 20.8. The van der Waals surface area contributed by atoms with Gasteiger partial charge in [0.15, 0.2) is 20.1 Å². The molecule has 0 aromatic heterocycles. The second kappa shape index (κ2) is 11.3. The van der Waals surface area contributed by atoms with Crippen LogP contribution in [0.5, 0.6) is 0 Å². The standard InChI is InChI=1S/C33H28O3P2/c34-32(27-16-6-1-7-17-27)26-33(37(35,28-18-8-2-9-19-28)29-20-10-3-11-21-29)38(36,30-22-12-4-13-23-30)31-24-14-5-15-25-31/h1-25,33H,26H2. The summed E-state index contributed by atoms with van der Waals surface area (Å²) >= 11 is 0. The first-order valence-corrected chi connectivity index (χ1v) is 16.1. The first kappa shape index (κ1) is 25.9. The Morgan fingerprint density at radius 2 is 0.711 bits per heavy atom. The summed E-state index contributed by atoms with van der Waals surface area (Å²) in [6.45, 7) is 0. The SMILES string of the molecule is O=C(CC(P(=O)(c1ccccc1)c1ccccc1)P(=O)(c1ccccc1)c1ccccc1)c1ccccc1. The van der Waals surface area contributed by atoms with Gasteiger partial charge in [0, 0.05) is 33.2 Å². The Kier molecular flexibility index (Phi) is 7.70. The molecule has 0 radical (unpaired) electrons. The average Bonchev–Trinajstić information content (AvgIpc) is 3.01. The van der Waals surface area contributed by atoms with Crippen molar-refractivity contribution in [1.29, 1.82) is 0 Å². The molecule has 0 spiro atoms. The van der Waals surface area contributed by atoms with Gasteiger partial charge in [0.2, 0.25) is 0 Å². The Labute approximate surface area is 223 Å². The van der Waals surface area contributed by atoms with Crippen LogP contribution in [0.3, 0.4) is 0 Å². The summed E-state index contributed by atoms with van der Waals surface area (Å²) in [5.74, 6) is -0.185. The largest absolute Gasteiger partial charge is 0.313 e. The molecule has 0 saturated heterocycles. The van der Waals surface area contributed by atoms with Crippen LogP contribution in [0.15, 0.2) is 152 Å². The van der Waals surface area contributed by atoms with Crippen molar-refractivity contribution in [2.45, 2.75) is 11.8 Å². The first-order chi connectivity index (χ1) is 18.5. The number of Topliss-reactive ketones (excluding diaryl/α,β-unsaturated/α-hetero) is 1. The number of hydrogen-bond acceptors (Lipinski definition) is 3. The van der Waals surface area contributed by atoms with Crippen molar-refractivity contribution in [1.82, 2.24) is 0 Å². The molecule has 0 aliphatic heterocycles. The fourth-order valence-corrected chi connectivity index (χ4v) is 13.7. The van der Waals surface area contributed by atoms with E-state index in [1.165, 1.54) is 0 Å². The summed E-state index contributed by atoms with van der Waals surface area (Å²) in [7, 11) is -7.29. The molecular weight excluding hydrogens is 506 g/mol. The van der Waals surface area contributed by atoms with Crippen molar-refractivity contribution >= 4 is 41.3 Å². The maximum absolute atomic E-state index is 15.8. The molecule has 0 saturated carbocycles. The minimum atomic E-state index is -3.64. The molecule has 188 valence electrons. The van der Waals surface area contributed by atoms with Crippen molar-refractivity contribution in [3.63, 3.8) is 0 Å². The molecule has 3 nitrogen and oxygen atoms in total. The number of benzene rings is 5. The van der Waals surface area contributed by atoms with Gasteiger partial charge in [0.1, 0.15) is 0 Å². The van der Waals surface area contributed by atoms with Gasteiger partial charge in [0.05, 0.1) is 5.40 Å². The highest BCUT2D eigenvalue weighted by Gasteiger charge is 2.50. The van der Waals surface area contributed by atoms with E-state index in [4.69, 9.17) is 0 Å². The van der Waals surface area contributed by atoms with Gasteiger partial charge in [-0.15, -0.1) is 0 Å². The molecule has 0 N–H and O–H groups in total. The molecular formula is C33H28O3P2. The van der Waals surface area contributed by atoms with Gasteiger partial charge in [-0.1, -0.05) is 152 Å². The number of ketones is 1. The van der Waals surface area contributed by atoms with E-state index in [1.54, 1.807) is 12.1 Å². The minimum absolute atomic E-state index is 0.133. The highest BCUT2D eigenvalue weighted by atomic mass is 31.2. The van der Waals surface area contributed by atoms with Crippen LogP contribution in [0.2, 0.25) is 0 Å². The topological polar surface area (TPSA) is 51.2 Å². The number of carbonyl (C=O) groups is 1. The van der Waals surface area contributed by atoms with E-state index in [0.717, 1.165) is 0 Å². The lowest BCUT2D eigenvalue weighted by Crippen LogP contribution is -2.34. The molecule has 5 heteroatoms. The van der Waals surface area contributed by atoms with E-state index in [-0.39, 0.29) is 12.2 Å².